The third-order valence-corrected chi connectivity index (χ3v) is 8.10. The van der Waals surface area contributed by atoms with Gasteiger partial charge in [-0.05, 0) is 62.0 Å². The van der Waals surface area contributed by atoms with E-state index in [1.807, 2.05) is 0 Å². The summed E-state index contributed by atoms with van der Waals surface area (Å²) in [6.45, 7) is 14.8. The van der Waals surface area contributed by atoms with Crippen molar-refractivity contribution >= 4 is 5.70 Å². The highest BCUT2D eigenvalue weighted by molar-refractivity contribution is 5.70. The monoisotopic (exact) mass is 441 g/mol. The lowest BCUT2D eigenvalue weighted by atomic mass is 9.80. The van der Waals surface area contributed by atoms with Crippen molar-refractivity contribution < 1.29 is 0 Å². The maximum absolute atomic E-state index is 4.45. The smallest absolute Gasteiger partial charge is 0.0693 e. The van der Waals surface area contributed by atoms with Crippen LogP contribution in [0.1, 0.15) is 68.1 Å². The van der Waals surface area contributed by atoms with E-state index in [-0.39, 0.29) is 0 Å². The van der Waals surface area contributed by atoms with Crippen molar-refractivity contribution in [3.8, 4) is 0 Å². The van der Waals surface area contributed by atoms with Crippen LogP contribution in [0.15, 0.2) is 73.1 Å². The molecule has 2 aliphatic heterocycles. The standard InChI is InChI=1S/C30H39N3/c1-21-13-16-30(22(2)32-21)33-20-27-18-25(14-15-28(27)23(33)3)17-26-11-7-8-12-29(26)31-19-24-9-5-4-6-10-24/h4-5,9,14-15,18,26,29-32H,1-3,6-8,10-13,16-17,19-20H2. The number of hydrogen-bond acceptors (Lipinski definition) is 3. The highest BCUT2D eigenvalue weighted by atomic mass is 15.2. The molecule has 3 atom stereocenters. The predicted octanol–water partition coefficient (Wildman–Crippen LogP) is 6.22. The molecule has 0 spiro atoms. The summed E-state index contributed by atoms with van der Waals surface area (Å²) in [5.41, 5.74) is 9.05. The molecule has 5 rings (SSSR count). The van der Waals surface area contributed by atoms with Crippen LogP contribution in [0.2, 0.25) is 0 Å². The van der Waals surface area contributed by atoms with E-state index < -0.39 is 0 Å². The number of allylic oxidation sites excluding steroid dienone is 4. The van der Waals surface area contributed by atoms with Crippen LogP contribution in [0, 0.1) is 5.92 Å². The Labute approximate surface area is 200 Å². The van der Waals surface area contributed by atoms with E-state index in [4.69, 9.17) is 0 Å². The predicted molar refractivity (Wildman–Crippen MR) is 139 cm³/mol. The second-order valence-electron chi connectivity index (χ2n) is 10.4. The van der Waals surface area contributed by atoms with E-state index >= 15 is 0 Å². The van der Waals surface area contributed by atoms with Crippen LogP contribution in [0.5, 0.6) is 0 Å². The van der Waals surface area contributed by atoms with Gasteiger partial charge < -0.3 is 15.5 Å². The second-order valence-corrected chi connectivity index (χ2v) is 10.4. The number of fused-ring (bicyclic) bond motifs is 1. The Balaban J connectivity index is 1.24. The number of hydrogen-bond donors (Lipinski definition) is 2. The maximum atomic E-state index is 4.45. The van der Waals surface area contributed by atoms with Crippen molar-refractivity contribution in [1.29, 1.82) is 0 Å². The summed E-state index contributed by atoms with van der Waals surface area (Å²) in [7, 11) is 0. The molecule has 1 saturated heterocycles. The molecule has 33 heavy (non-hydrogen) atoms. The minimum Gasteiger partial charge on any atom is -0.362 e. The van der Waals surface area contributed by atoms with Crippen molar-refractivity contribution in [3.05, 3.63) is 89.8 Å². The summed E-state index contributed by atoms with van der Waals surface area (Å²) in [5.74, 6) is 0.727. The Morgan fingerprint density at radius 2 is 1.94 bits per heavy atom. The van der Waals surface area contributed by atoms with Crippen LogP contribution < -0.4 is 10.6 Å². The van der Waals surface area contributed by atoms with Gasteiger partial charge in [0.15, 0.2) is 0 Å². The van der Waals surface area contributed by atoms with Gasteiger partial charge >= 0.3 is 0 Å². The maximum Gasteiger partial charge on any atom is 0.0693 e. The molecular weight excluding hydrogens is 402 g/mol. The van der Waals surface area contributed by atoms with E-state index in [0.29, 0.717) is 12.1 Å². The zero-order valence-electron chi connectivity index (χ0n) is 20.0. The van der Waals surface area contributed by atoms with Crippen LogP contribution in [-0.4, -0.2) is 23.5 Å². The summed E-state index contributed by atoms with van der Waals surface area (Å²) in [6, 6.07) is 8.06. The van der Waals surface area contributed by atoms with Crippen LogP contribution in [0.25, 0.3) is 5.70 Å². The highest BCUT2D eigenvalue weighted by Crippen LogP contribution is 2.38. The lowest BCUT2D eigenvalue weighted by Crippen LogP contribution is -2.40. The molecule has 2 heterocycles. The van der Waals surface area contributed by atoms with Crippen molar-refractivity contribution in [2.75, 3.05) is 6.54 Å². The van der Waals surface area contributed by atoms with E-state index in [0.717, 1.165) is 48.9 Å². The first kappa shape index (κ1) is 22.3. The third-order valence-electron chi connectivity index (χ3n) is 8.10. The zero-order chi connectivity index (χ0) is 22.8. The Hall–Kier alpha value is -2.52. The van der Waals surface area contributed by atoms with Crippen LogP contribution in [0.3, 0.4) is 0 Å². The summed E-state index contributed by atoms with van der Waals surface area (Å²) >= 11 is 0. The first-order valence-corrected chi connectivity index (χ1v) is 12.9. The van der Waals surface area contributed by atoms with Gasteiger partial charge in [-0.25, -0.2) is 0 Å². The number of nitrogens with zero attached hydrogens (tertiary/aromatic N) is 1. The normalized spacial score (nSPS) is 27.4. The molecule has 4 aliphatic rings. The van der Waals surface area contributed by atoms with Crippen molar-refractivity contribution in [2.45, 2.75) is 76.4 Å². The molecule has 2 fully saturated rings. The molecule has 0 radical (unpaired) electrons. The topological polar surface area (TPSA) is 27.3 Å². The molecule has 2 aliphatic carbocycles. The molecule has 1 aromatic rings. The quantitative estimate of drug-likeness (QED) is 0.549. The summed E-state index contributed by atoms with van der Waals surface area (Å²) < 4.78 is 0. The van der Waals surface area contributed by atoms with Crippen molar-refractivity contribution in [2.24, 2.45) is 5.92 Å². The Bertz CT molecular complexity index is 998. The van der Waals surface area contributed by atoms with Gasteiger partial charge in [-0.1, -0.05) is 74.6 Å². The van der Waals surface area contributed by atoms with Gasteiger partial charge in [0.05, 0.1) is 6.04 Å². The van der Waals surface area contributed by atoms with Crippen LogP contribution in [0.4, 0.5) is 0 Å². The molecule has 0 bridgehead atoms. The van der Waals surface area contributed by atoms with Gasteiger partial charge in [-0.3, -0.25) is 0 Å². The highest BCUT2D eigenvalue weighted by Gasteiger charge is 2.32. The van der Waals surface area contributed by atoms with Crippen LogP contribution >= 0.6 is 0 Å². The Kier molecular flexibility index (Phi) is 6.59. The minimum atomic E-state index is 0.301. The molecule has 0 aromatic heterocycles. The van der Waals surface area contributed by atoms with Gasteiger partial charge in [-0.15, -0.1) is 0 Å². The van der Waals surface area contributed by atoms with Crippen molar-refractivity contribution in [3.63, 3.8) is 0 Å². The summed E-state index contributed by atoms with van der Waals surface area (Å²) in [6.07, 6.45) is 17.8. The average molecular weight is 442 g/mol. The summed E-state index contributed by atoms with van der Waals surface area (Å²) in [4.78, 5) is 2.44. The average Bonchev–Trinajstić information content (AvgIpc) is 3.14. The van der Waals surface area contributed by atoms with E-state index in [1.54, 1.807) is 5.57 Å². The summed E-state index contributed by atoms with van der Waals surface area (Å²) in [5, 5.41) is 7.30. The molecule has 0 amide bonds. The zero-order valence-corrected chi connectivity index (χ0v) is 20.0. The van der Waals surface area contributed by atoms with Gasteiger partial charge in [0, 0.05) is 41.8 Å². The lowest BCUT2D eigenvalue weighted by Gasteiger charge is -2.36. The van der Waals surface area contributed by atoms with Crippen molar-refractivity contribution in [1.82, 2.24) is 15.5 Å². The van der Waals surface area contributed by atoms with E-state index in [9.17, 15) is 0 Å². The van der Waals surface area contributed by atoms with E-state index in [2.05, 4.69) is 71.7 Å². The molecule has 1 saturated carbocycles. The fourth-order valence-electron chi connectivity index (χ4n) is 6.21. The molecule has 3 unspecified atom stereocenters. The first-order valence-electron chi connectivity index (χ1n) is 12.9. The number of rotatable bonds is 6. The first-order chi connectivity index (χ1) is 16.1. The number of nitrogens with one attached hydrogen (secondary N) is 2. The fourth-order valence-corrected chi connectivity index (χ4v) is 6.21. The second kappa shape index (κ2) is 9.77. The Morgan fingerprint density at radius 3 is 2.76 bits per heavy atom. The lowest BCUT2D eigenvalue weighted by molar-refractivity contribution is 0.265. The molecule has 3 heteroatoms. The van der Waals surface area contributed by atoms with E-state index in [1.165, 1.54) is 61.6 Å². The van der Waals surface area contributed by atoms with Crippen LogP contribution in [-0.2, 0) is 13.0 Å². The van der Waals surface area contributed by atoms with Gasteiger partial charge in [-0.2, -0.15) is 0 Å². The fraction of sp³-hybridized carbons (Fsp3) is 0.467. The molecule has 2 N–H and O–H groups in total. The number of benzene rings is 1. The SMILES string of the molecule is C=C1CCC(N2Cc3cc(CC4CCCCC4NCC4=CC=CCC4)ccc3C2=C)C(=C)N1. The molecular formula is C30H39N3. The molecule has 174 valence electrons. The van der Waals surface area contributed by atoms with Gasteiger partial charge in [0.25, 0.3) is 0 Å². The van der Waals surface area contributed by atoms with Gasteiger partial charge in [0.2, 0.25) is 0 Å². The van der Waals surface area contributed by atoms with Gasteiger partial charge in [0.1, 0.15) is 0 Å². The largest absolute Gasteiger partial charge is 0.362 e. The Morgan fingerprint density at radius 1 is 1.06 bits per heavy atom. The number of piperidine rings is 1. The third kappa shape index (κ3) is 4.89. The minimum absolute atomic E-state index is 0.301. The molecule has 3 nitrogen and oxygen atoms in total. The molecule has 1 aromatic carbocycles.